The van der Waals surface area contributed by atoms with Gasteiger partial charge in [-0.25, -0.2) is 0 Å². The van der Waals surface area contributed by atoms with Gasteiger partial charge in [-0.05, 0) is 18.1 Å². The molecule has 2 aromatic heterocycles. The lowest BCUT2D eigenvalue weighted by Crippen LogP contribution is -2.30. The van der Waals surface area contributed by atoms with Crippen LogP contribution in [0, 0.1) is 5.41 Å². The Bertz CT molecular complexity index is 844. The van der Waals surface area contributed by atoms with Gasteiger partial charge in [-0.1, -0.05) is 13.3 Å². The lowest BCUT2D eigenvalue weighted by Gasteiger charge is -2.15. The molecular formula is C15H15F3N4O2. The number of hydrogen-bond acceptors (Lipinski definition) is 5. The second-order valence-corrected chi connectivity index (χ2v) is 5.12. The molecule has 0 bridgehead atoms. The monoisotopic (exact) mass is 340 g/mol. The molecular weight excluding hydrogens is 325 g/mol. The molecule has 2 aromatic rings. The van der Waals surface area contributed by atoms with Crippen LogP contribution in [0.15, 0.2) is 23.3 Å². The van der Waals surface area contributed by atoms with Gasteiger partial charge in [0.15, 0.2) is 11.5 Å². The number of anilines is 1. The molecule has 0 aliphatic heterocycles. The zero-order chi connectivity index (χ0) is 18.1. The van der Waals surface area contributed by atoms with Gasteiger partial charge in [0, 0.05) is 18.0 Å². The van der Waals surface area contributed by atoms with Crippen LogP contribution in [0.3, 0.4) is 0 Å². The third-order valence-electron chi connectivity index (χ3n) is 3.43. The van der Waals surface area contributed by atoms with Crippen LogP contribution in [-0.2, 0) is 6.42 Å². The van der Waals surface area contributed by atoms with Gasteiger partial charge >= 0.3 is 6.18 Å². The van der Waals surface area contributed by atoms with Crippen molar-refractivity contribution in [2.45, 2.75) is 25.9 Å². The number of hydrogen-bond donors (Lipinski definition) is 4. The predicted molar refractivity (Wildman–Crippen MR) is 83.2 cm³/mol. The second kappa shape index (κ2) is 6.34. The van der Waals surface area contributed by atoms with Crippen LogP contribution in [-0.4, -0.2) is 27.0 Å². The number of H-pyrrole nitrogens is 1. The summed E-state index contributed by atoms with van der Waals surface area (Å²) in [5.41, 5.74) is 2.19. The number of aromatic amines is 1. The Labute approximate surface area is 134 Å². The molecule has 0 amide bonds. The highest BCUT2D eigenvalue weighted by Crippen LogP contribution is 2.31. The van der Waals surface area contributed by atoms with Crippen molar-refractivity contribution in [3.05, 3.63) is 39.8 Å². The number of aryl methyl sites for hydroxylation is 1. The van der Waals surface area contributed by atoms with Gasteiger partial charge in [0.25, 0.3) is 0 Å². The van der Waals surface area contributed by atoms with Crippen molar-refractivity contribution in [2.75, 3.05) is 5.73 Å². The van der Waals surface area contributed by atoms with E-state index >= 15 is 0 Å². The maximum Gasteiger partial charge on any atom is 0.433 e. The van der Waals surface area contributed by atoms with Crippen molar-refractivity contribution in [1.29, 1.82) is 5.41 Å². The summed E-state index contributed by atoms with van der Waals surface area (Å²) in [5.74, 6) is -1.55. The van der Waals surface area contributed by atoms with Crippen molar-refractivity contribution in [2.24, 2.45) is 0 Å². The summed E-state index contributed by atoms with van der Waals surface area (Å²) in [6.07, 6.45) is -0.744. The van der Waals surface area contributed by atoms with E-state index in [1.54, 1.807) is 6.20 Å². The van der Waals surface area contributed by atoms with Crippen LogP contribution in [0.25, 0.3) is 11.3 Å². The fraction of sp³-hybridized carbons (Fsp3) is 0.267. The largest absolute Gasteiger partial charge is 0.503 e. The second-order valence-electron chi connectivity index (χ2n) is 5.12. The Kier molecular flexibility index (Phi) is 4.63. The molecule has 0 fully saturated rings. The normalized spacial score (nSPS) is 11.5. The Hall–Kier alpha value is -2.84. The number of pyridine rings is 2. The first-order chi connectivity index (χ1) is 11.2. The van der Waals surface area contributed by atoms with Crippen molar-refractivity contribution >= 4 is 11.5 Å². The summed E-state index contributed by atoms with van der Waals surface area (Å²) in [6.45, 7) is 1.92. The molecule has 0 aliphatic rings. The number of nitrogen functional groups attached to an aromatic ring is 1. The van der Waals surface area contributed by atoms with Crippen LogP contribution in [0.5, 0.6) is 5.75 Å². The summed E-state index contributed by atoms with van der Waals surface area (Å²) in [6, 6.07) is 1.52. The minimum absolute atomic E-state index is 0.0953. The van der Waals surface area contributed by atoms with Crippen LogP contribution in [0.4, 0.5) is 19.0 Å². The van der Waals surface area contributed by atoms with Gasteiger partial charge < -0.3 is 15.8 Å². The average molecular weight is 340 g/mol. The van der Waals surface area contributed by atoms with Gasteiger partial charge in [0.05, 0.1) is 11.3 Å². The molecule has 9 heteroatoms. The zero-order valence-corrected chi connectivity index (χ0v) is 12.7. The molecule has 0 radical (unpaired) electrons. The van der Waals surface area contributed by atoms with Gasteiger partial charge in [-0.2, -0.15) is 13.2 Å². The quantitative estimate of drug-likeness (QED) is 0.640. The summed E-state index contributed by atoms with van der Waals surface area (Å²) < 4.78 is 38.1. The molecule has 0 atom stereocenters. The smallest absolute Gasteiger partial charge is 0.433 e. The lowest BCUT2D eigenvalue weighted by atomic mass is 10.0. The third kappa shape index (κ3) is 3.10. The highest BCUT2D eigenvalue weighted by Gasteiger charge is 2.39. The molecule has 0 spiro atoms. The van der Waals surface area contributed by atoms with Crippen molar-refractivity contribution in [1.82, 2.24) is 9.97 Å². The fourth-order valence-corrected chi connectivity index (χ4v) is 2.34. The first kappa shape index (κ1) is 17.5. The molecule has 2 rings (SSSR count). The van der Waals surface area contributed by atoms with E-state index in [0.29, 0.717) is 17.5 Å². The highest BCUT2D eigenvalue weighted by atomic mass is 19.4. The molecule has 0 aliphatic carbocycles. The molecule has 6 nitrogen and oxygen atoms in total. The maximum atomic E-state index is 12.7. The van der Waals surface area contributed by atoms with Crippen LogP contribution in [0.2, 0.25) is 0 Å². The number of alkyl halides is 3. The highest BCUT2D eigenvalue weighted by molar-refractivity contribution is 6.06. The molecule has 2 heterocycles. The van der Waals surface area contributed by atoms with Gasteiger partial charge in [-0.3, -0.25) is 15.2 Å². The molecule has 0 saturated heterocycles. The summed E-state index contributed by atoms with van der Waals surface area (Å²) in [7, 11) is 0. The first-order valence-electron chi connectivity index (χ1n) is 7.02. The van der Waals surface area contributed by atoms with E-state index in [-0.39, 0.29) is 5.69 Å². The number of halogens is 3. The number of nitrogens with two attached hydrogens (primary N) is 1. The minimum atomic E-state index is -5.06. The van der Waals surface area contributed by atoms with E-state index in [1.165, 1.54) is 12.3 Å². The number of nitrogens with one attached hydrogen (secondary N) is 2. The molecule has 5 N–H and O–H groups in total. The van der Waals surface area contributed by atoms with Gasteiger partial charge in [-0.15, -0.1) is 0 Å². The van der Waals surface area contributed by atoms with E-state index in [0.717, 1.165) is 6.42 Å². The van der Waals surface area contributed by atoms with Crippen molar-refractivity contribution < 1.29 is 18.3 Å². The van der Waals surface area contributed by atoms with Crippen LogP contribution < -0.4 is 11.2 Å². The van der Waals surface area contributed by atoms with E-state index in [9.17, 15) is 23.1 Å². The first-order valence-corrected chi connectivity index (χ1v) is 7.02. The Balaban J connectivity index is 2.70. The number of rotatable bonds is 4. The van der Waals surface area contributed by atoms with E-state index in [2.05, 4.69) is 9.97 Å². The third-order valence-corrected chi connectivity index (χ3v) is 3.43. The van der Waals surface area contributed by atoms with E-state index in [4.69, 9.17) is 11.1 Å². The van der Waals surface area contributed by atoms with E-state index in [1.807, 2.05) is 6.92 Å². The number of nitrogens with zero attached hydrogens (tertiary/aromatic N) is 1. The van der Waals surface area contributed by atoms with Gasteiger partial charge in [0.2, 0.25) is 5.43 Å². The minimum Gasteiger partial charge on any atom is -0.503 e. The van der Waals surface area contributed by atoms with E-state index < -0.39 is 34.4 Å². The summed E-state index contributed by atoms with van der Waals surface area (Å²) in [4.78, 5) is 18.5. The SMILES string of the molecule is CCCc1cnccc1-c1[nH]c(N)c(C(=N)C(F)(F)F)c(=O)c1O. The molecule has 0 saturated carbocycles. The number of aromatic nitrogens is 2. The fourth-order valence-electron chi connectivity index (χ4n) is 2.34. The molecule has 24 heavy (non-hydrogen) atoms. The number of aromatic hydroxyl groups is 1. The van der Waals surface area contributed by atoms with Crippen molar-refractivity contribution in [3.63, 3.8) is 0 Å². The Morgan fingerprint density at radius 3 is 2.71 bits per heavy atom. The standard InChI is InChI=1S/C15H15F3N4O2/c1-2-3-7-6-21-5-4-8(7)10-12(24)11(23)9(14(20)22-10)13(19)15(16,17)18/h4-6,19,24H,2-3H2,1H3,(H3,20,22,23). The lowest BCUT2D eigenvalue weighted by molar-refractivity contribution is -0.0588. The maximum absolute atomic E-state index is 12.7. The Morgan fingerprint density at radius 2 is 2.12 bits per heavy atom. The average Bonchev–Trinajstić information content (AvgIpc) is 2.51. The predicted octanol–water partition coefficient (Wildman–Crippen LogP) is 2.61. The summed E-state index contributed by atoms with van der Waals surface area (Å²) in [5, 5.41) is 17.2. The Morgan fingerprint density at radius 1 is 1.46 bits per heavy atom. The van der Waals surface area contributed by atoms with Crippen LogP contribution in [0.1, 0.15) is 24.5 Å². The van der Waals surface area contributed by atoms with Crippen molar-refractivity contribution in [3.8, 4) is 17.0 Å². The zero-order valence-electron chi connectivity index (χ0n) is 12.7. The molecule has 128 valence electrons. The van der Waals surface area contributed by atoms with Crippen LogP contribution >= 0.6 is 0 Å². The summed E-state index contributed by atoms with van der Waals surface area (Å²) >= 11 is 0. The van der Waals surface area contributed by atoms with Gasteiger partial charge in [0.1, 0.15) is 5.82 Å². The molecule has 0 aromatic carbocycles. The topological polar surface area (TPSA) is 116 Å². The molecule has 0 unspecified atom stereocenters.